The molecular weight excluding hydrogens is 276 g/mol. The molecule has 0 fully saturated rings. The Bertz CT molecular complexity index is 732. The average Bonchev–Trinajstić information content (AvgIpc) is 2.51. The Morgan fingerprint density at radius 3 is 2.64 bits per heavy atom. The fourth-order valence-electron chi connectivity index (χ4n) is 1.96. The quantitative estimate of drug-likeness (QED) is 0.937. The van der Waals surface area contributed by atoms with E-state index in [0.717, 1.165) is 5.56 Å². The van der Waals surface area contributed by atoms with E-state index in [4.69, 9.17) is 10.00 Å². The Morgan fingerprint density at radius 2 is 1.95 bits per heavy atom. The second kappa shape index (κ2) is 6.77. The minimum atomic E-state index is -0.632. The number of carbonyl (C=O) groups excluding carboxylic acids is 1. The summed E-state index contributed by atoms with van der Waals surface area (Å²) in [5.41, 5.74) is 3.38. The van der Waals surface area contributed by atoms with E-state index in [9.17, 15) is 4.79 Å². The lowest BCUT2D eigenvalue weighted by Gasteiger charge is -2.15. The maximum absolute atomic E-state index is 12.1. The smallest absolute Gasteiger partial charge is 0.265 e. The van der Waals surface area contributed by atoms with Crippen molar-refractivity contribution in [1.29, 1.82) is 5.26 Å². The van der Waals surface area contributed by atoms with Crippen molar-refractivity contribution in [2.45, 2.75) is 26.9 Å². The van der Waals surface area contributed by atoms with E-state index in [1.54, 1.807) is 31.2 Å². The molecule has 2 aromatic carbocycles. The Labute approximate surface area is 130 Å². The molecule has 0 aromatic heterocycles. The van der Waals surface area contributed by atoms with Crippen LogP contribution in [0.3, 0.4) is 0 Å². The van der Waals surface area contributed by atoms with Crippen molar-refractivity contribution in [3.05, 3.63) is 59.2 Å². The second-order valence-electron chi connectivity index (χ2n) is 5.19. The lowest BCUT2D eigenvalue weighted by Crippen LogP contribution is -2.30. The molecular formula is C18H18N2O2. The summed E-state index contributed by atoms with van der Waals surface area (Å²) < 4.78 is 5.66. The van der Waals surface area contributed by atoms with Crippen LogP contribution in [0.1, 0.15) is 23.6 Å². The number of amides is 1. The summed E-state index contributed by atoms with van der Waals surface area (Å²) in [5.74, 6) is 0.407. The minimum Gasteiger partial charge on any atom is -0.481 e. The van der Waals surface area contributed by atoms with Crippen LogP contribution in [0.25, 0.3) is 0 Å². The molecule has 1 N–H and O–H groups in total. The predicted molar refractivity (Wildman–Crippen MR) is 85.8 cm³/mol. The topological polar surface area (TPSA) is 62.1 Å². The maximum atomic E-state index is 12.1. The fraction of sp³-hybridized carbons (Fsp3) is 0.222. The first kappa shape index (κ1) is 15.6. The van der Waals surface area contributed by atoms with Crippen LogP contribution in [0.5, 0.6) is 5.75 Å². The highest BCUT2D eigenvalue weighted by atomic mass is 16.5. The summed E-state index contributed by atoms with van der Waals surface area (Å²) in [4.78, 5) is 12.1. The molecule has 2 rings (SSSR count). The van der Waals surface area contributed by atoms with Crippen molar-refractivity contribution in [3.63, 3.8) is 0 Å². The Balaban J connectivity index is 2.02. The van der Waals surface area contributed by atoms with Crippen molar-refractivity contribution in [1.82, 2.24) is 0 Å². The maximum Gasteiger partial charge on any atom is 0.265 e. The first-order chi connectivity index (χ1) is 10.5. The summed E-state index contributed by atoms with van der Waals surface area (Å²) in [5, 5.41) is 11.6. The zero-order valence-electron chi connectivity index (χ0n) is 12.9. The molecule has 1 unspecified atom stereocenters. The zero-order valence-corrected chi connectivity index (χ0v) is 12.9. The van der Waals surface area contributed by atoms with Gasteiger partial charge in [-0.25, -0.2) is 0 Å². The average molecular weight is 294 g/mol. The van der Waals surface area contributed by atoms with E-state index >= 15 is 0 Å². The van der Waals surface area contributed by atoms with Gasteiger partial charge in [0.2, 0.25) is 0 Å². The molecule has 1 atom stereocenters. The first-order valence-corrected chi connectivity index (χ1v) is 7.04. The van der Waals surface area contributed by atoms with Crippen molar-refractivity contribution in [3.8, 4) is 11.8 Å². The van der Waals surface area contributed by atoms with Gasteiger partial charge in [-0.1, -0.05) is 12.1 Å². The molecule has 0 spiro atoms. The van der Waals surface area contributed by atoms with Crippen LogP contribution in [0.4, 0.5) is 5.69 Å². The number of carbonyl (C=O) groups is 1. The molecule has 4 nitrogen and oxygen atoms in total. The van der Waals surface area contributed by atoms with E-state index in [1.807, 2.05) is 38.1 Å². The number of hydrogen-bond donors (Lipinski definition) is 1. The molecule has 0 radical (unpaired) electrons. The number of nitrogens with one attached hydrogen (secondary N) is 1. The molecule has 1 amide bonds. The highest BCUT2D eigenvalue weighted by Crippen LogP contribution is 2.18. The number of aryl methyl sites for hydroxylation is 2. The van der Waals surface area contributed by atoms with Gasteiger partial charge in [0.25, 0.3) is 5.91 Å². The summed E-state index contributed by atoms with van der Waals surface area (Å²) in [7, 11) is 0. The first-order valence-electron chi connectivity index (χ1n) is 7.04. The van der Waals surface area contributed by atoms with Crippen LogP contribution in [0.15, 0.2) is 42.5 Å². The normalized spacial score (nSPS) is 11.4. The molecule has 2 aromatic rings. The van der Waals surface area contributed by atoms with Gasteiger partial charge in [-0.3, -0.25) is 4.79 Å². The lowest BCUT2D eigenvalue weighted by molar-refractivity contribution is -0.122. The van der Waals surface area contributed by atoms with Crippen molar-refractivity contribution in [2.75, 3.05) is 5.32 Å². The third-order valence-electron chi connectivity index (χ3n) is 3.42. The molecule has 22 heavy (non-hydrogen) atoms. The Morgan fingerprint density at radius 1 is 1.18 bits per heavy atom. The number of anilines is 1. The molecule has 0 heterocycles. The van der Waals surface area contributed by atoms with Crippen LogP contribution in [-0.4, -0.2) is 12.0 Å². The summed E-state index contributed by atoms with van der Waals surface area (Å²) >= 11 is 0. The standard InChI is InChI=1S/C18H18N2O2/c1-12-7-8-17(9-13(12)2)22-14(3)18(21)20-16-6-4-5-15(10-16)11-19/h4-10,14H,1-3H3,(H,20,21). The van der Waals surface area contributed by atoms with E-state index in [-0.39, 0.29) is 5.91 Å². The van der Waals surface area contributed by atoms with E-state index < -0.39 is 6.10 Å². The molecule has 0 bridgehead atoms. The van der Waals surface area contributed by atoms with Crippen LogP contribution >= 0.6 is 0 Å². The molecule has 0 aliphatic rings. The molecule has 0 aliphatic carbocycles. The van der Waals surface area contributed by atoms with Gasteiger partial charge in [0.15, 0.2) is 6.10 Å². The van der Waals surface area contributed by atoms with Crippen LogP contribution in [-0.2, 0) is 4.79 Å². The van der Waals surface area contributed by atoms with Crippen LogP contribution in [0.2, 0.25) is 0 Å². The molecule has 4 heteroatoms. The Hall–Kier alpha value is -2.80. The largest absolute Gasteiger partial charge is 0.481 e. The number of hydrogen-bond acceptors (Lipinski definition) is 3. The minimum absolute atomic E-state index is 0.256. The molecule has 0 saturated carbocycles. The van der Waals surface area contributed by atoms with Crippen LogP contribution < -0.4 is 10.1 Å². The van der Waals surface area contributed by atoms with Gasteiger partial charge in [-0.15, -0.1) is 0 Å². The summed E-state index contributed by atoms with van der Waals surface area (Å²) in [6.45, 7) is 5.72. The summed E-state index contributed by atoms with van der Waals surface area (Å²) in [6.07, 6.45) is -0.632. The van der Waals surface area contributed by atoms with Gasteiger partial charge in [0.05, 0.1) is 11.6 Å². The second-order valence-corrected chi connectivity index (χ2v) is 5.19. The molecule has 112 valence electrons. The highest BCUT2D eigenvalue weighted by molar-refractivity contribution is 5.94. The third kappa shape index (κ3) is 3.86. The predicted octanol–water partition coefficient (Wildman–Crippen LogP) is 3.58. The summed E-state index contributed by atoms with van der Waals surface area (Å²) in [6, 6.07) is 14.5. The van der Waals surface area contributed by atoms with Crippen molar-refractivity contribution in [2.24, 2.45) is 0 Å². The van der Waals surface area contributed by atoms with E-state index in [2.05, 4.69) is 5.32 Å². The number of nitrogens with zero attached hydrogens (tertiary/aromatic N) is 1. The molecule has 0 saturated heterocycles. The third-order valence-corrected chi connectivity index (χ3v) is 3.42. The molecule has 0 aliphatic heterocycles. The SMILES string of the molecule is Cc1ccc(OC(C)C(=O)Nc2cccc(C#N)c2)cc1C. The van der Waals surface area contributed by atoms with Crippen molar-refractivity contribution < 1.29 is 9.53 Å². The van der Waals surface area contributed by atoms with Gasteiger partial charge >= 0.3 is 0 Å². The number of rotatable bonds is 4. The number of ether oxygens (including phenoxy) is 1. The van der Waals surface area contributed by atoms with Gasteiger partial charge in [0.1, 0.15) is 5.75 Å². The number of benzene rings is 2. The monoisotopic (exact) mass is 294 g/mol. The van der Waals surface area contributed by atoms with E-state index in [0.29, 0.717) is 17.0 Å². The fourth-order valence-corrected chi connectivity index (χ4v) is 1.96. The van der Waals surface area contributed by atoms with Gasteiger partial charge in [-0.2, -0.15) is 5.26 Å². The van der Waals surface area contributed by atoms with Gasteiger partial charge < -0.3 is 10.1 Å². The lowest BCUT2D eigenvalue weighted by atomic mass is 10.1. The Kier molecular flexibility index (Phi) is 4.80. The van der Waals surface area contributed by atoms with Crippen LogP contribution in [0, 0.1) is 25.2 Å². The highest BCUT2D eigenvalue weighted by Gasteiger charge is 2.15. The van der Waals surface area contributed by atoms with Gasteiger partial charge in [-0.05, 0) is 62.2 Å². The van der Waals surface area contributed by atoms with Crippen molar-refractivity contribution >= 4 is 11.6 Å². The van der Waals surface area contributed by atoms with E-state index in [1.165, 1.54) is 5.56 Å². The zero-order chi connectivity index (χ0) is 16.1. The van der Waals surface area contributed by atoms with Gasteiger partial charge in [0, 0.05) is 5.69 Å². The number of nitriles is 1.